The quantitative estimate of drug-likeness (QED) is 0.380. The van der Waals surface area contributed by atoms with Crippen LogP contribution >= 0.6 is 0 Å². The second-order valence-corrected chi connectivity index (χ2v) is 2.48. The Morgan fingerprint density at radius 3 is 2.42 bits per heavy atom. The van der Waals surface area contributed by atoms with E-state index in [0.717, 1.165) is 0 Å². The third kappa shape index (κ3) is 3.89. The number of carbonyl (C=O) groups is 2. The van der Waals surface area contributed by atoms with Crippen LogP contribution in [0.25, 0.3) is 0 Å². The summed E-state index contributed by atoms with van der Waals surface area (Å²) in [5.74, 6) is -1.65. The van der Waals surface area contributed by atoms with E-state index in [0.29, 0.717) is 0 Å². The molecule has 0 bridgehead atoms. The maximum Gasteiger partial charge on any atom is 0.321 e. The molecule has 0 heterocycles. The first-order valence-electron chi connectivity index (χ1n) is 3.46. The van der Waals surface area contributed by atoms with Crippen LogP contribution in [0.3, 0.4) is 0 Å². The highest BCUT2D eigenvalue weighted by atomic mass is 16.4. The van der Waals surface area contributed by atoms with Crippen molar-refractivity contribution in [2.45, 2.75) is 19.0 Å². The molecule has 0 spiro atoms. The minimum absolute atomic E-state index is 0.0272. The zero-order chi connectivity index (χ0) is 9.72. The SMILES string of the molecule is CC(NCC(N)C(=O)O)C(N)=O. The van der Waals surface area contributed by atoms with E-state index in [9.17, 15) is 9.59 Å². The van der Waals surface area contributed by atoms with Gasteiger partial charge in [-0.2, -0.15) is 0 Å². The van der Waals surface area contributed by atoms with E-state index in [1.165, 1.54) is 6.92 Å². The molecule has 0 rings (SSSR count). The predicted molar refractivity (Wildman–Crippen MR) is 42.3 cm³/mol. The maximum absolute atomic E-state index is 10.5. The van der Waals surface area contributed by atoms with Crippen LogP contribution in [-0.2, 0) is 9.59 Å². The van der Waals surface area contributed by atoms with Crippen LogP contribution in [0.5, 0.6) is 0 Å². The largest absolute Gasteiger partial charge is 0.480 e. The molecular formula is C6H13N3O3. The Kier molecular flexibility index (Phi) is 4.24. The standard InChI is InChI=1S/C6H13N3O3/c1-3(5(8)10)9-2-4(7)6(11)12/h3-4,9H,2,7H2,1H3,(H2,8,10)(H,11,12). The van der Waals surface area contributed by atoms with Crippen molar-refractivity contribution in [3.8, 4) is 0 Å². The molecule has 0 aliphatic heterocycles. The number of carboxylic acid groups (broad SMARTS) is 1. The molecule has 6 heteroatoms. The molecule has 0 aliphatic carbocycles. The van der Waals surface area contributed by atoms with E-state index < -0.39 is 24.0 Å². The second kappa shape index (κ2) is 4.68. The van der Waals surface area contributed by atoms with Crippen LogP contribution < -0.4 is 16.8 Å². The fourth-order valence-corrected chi connectivity index (χ4v) is 0.492. The van der Waals surface area contributed by atoms with Gasteiger partial charge >= 0.3 is 5.97 Å². The number of amides is 1. The molecule has 2 atom stereocenters. The zero-order valence-corrected chi connectivity index (χ0v) is 6.78. The molecule has 6 nitrogen and oxygen atoms in total. The highest BCUT2D eigenvalue weighted by Gasteiger charge is 2.14. The third-order valence-corrected chi connectivity index (χ3v) is 1.39. The second-order valence-electron chi connectivity index (χ2n) is 2.48. The van der Waals surface area contributed by atoms with E-state index in [1.807, 2.05) is 0 Å². The molecule has 2 unspecified atom stereocenters. The summed E-state index contributed by atoms with van der Waals surface area (Å²) in [4.78, 5) is 20.7. The van der Waals surface area contributed by atoms with Crippen molar-refractivity contribution in [3.05, 3.63) is 0 Å². The molecule has 0 aromatic heterocycles. The first-order chi connectivity index (χ1) is 5.45. The van der Waals surface area contributed by atoms with Crippen molar-refractivity contribution in [1.82, 2.24) is 5.32 Å². The average molecular weight is 175 g/mol. The molecule has 12 heavy (non-hydrogen) atoms. The predicted octanol–water partition coefficient (Wildman–Crippen LogP) is -2.14. The van der Waals surface area contributed by atoms with Crippen LogP contribution in [0, 0.1) is 0 Å². The topological polar surface area (TPSA) is 118 Å². The van der Waals surface area contributed by atoms with Crippen LogP contribution in [-0.4, -0.2) is 35.6 Å². The maximum atomic E-state index is 10.5. The molecule has 0 radical (unpaired) electrons. The normalized spacial score (nSPS) is 15.2. The van der Waals surface area contributed by atoms with Gasteiger partial charge < -0.3 is 21.9 Å². The van der Waals surface area contributed by atoms with E-state index in [4.69, 9.17) is 16.6 Å². The van der Waals surface area contributed by atoms with Gasteiger partial charge in [0.2, 0.25) is 5.91 Å². The summed E-state index contributed by atoms with van der Waals surface area (Å²) in [6.07, 6.45) is 0. The summed E-state index contributed by atoms with van der Waals surface area (Å²) in [6.45, 7) is 1.57. The third-order valence-electron chi connectivity index (χ3n) is 1.39. The molecule has 1 amide bonds. The van der Waals surface area contributed by atoms with Crippen LogP contribution in [0.1, 0.15) is 6.92 Å². The Balaban J connectivity index is 3.68. The first-order valence-corrected chi connectivity index (χ1v) is 3.46. The molecule has 0 aromatic rings. The van der Waals surface area contributed by atoms with E-state index in [2.05, 4.69) is 5.32 Å². The molecule has 6 N–H and O–H groups in total. The van der Waals surface area contributed by atoms with Gasteiger partial charge in [0, 0.05) is 6.54 Å². The Labute approximate surface area is 69.9 Å². The minimum Gasteiger partial charge on any atom is -0.480 e. The summed E-state index contributed by atoms with van der Waals surface area (Å²) < 4.78 is 0. The summed E-state index contributed by atoms with van der Waals surface area (Å²) in [5, 5.41) is 10.9. The molecule has 0 aromatic carbocycles. The van der Waals surface area contributed by atoms with Crippen LogP contribution in [0.2, 0.25) is 0 Å². The lowest BCUT2D eigenvalue weighted by molar-refractivity contribution is -0.138. The van der Waals surface area contributed by atoms with Crippen molar-refractivity contribution in [2.75, 3.05) is 6.54 Å². The van der Waals surface area contributed by atoms with Crippen LogP contribution in [0.15, 0.2) is 0 Å². The summed E-state index contributed by atoms with van der Waals surface area (Å²) in [6, 6.07) is -1.57. The van der Waals surface area contributed by atoms with Crippen LogP contribution in [0.4, 0.5) is 0 Å². The zero-order valence-electron chi connectivity index (χ0n) is 6.78. The van der Waals surface area contributed by atoms with Gasteiger partial charge in [-0.25, -0.2) is 0 Å². The highest BCUT2D eigenvalue weighted by molar-refractivity contribution is 5.79. The lowest BCUT2D eigenvalue weighted by Crippen LogP contribution is -2.47. The molecule has 70 valence electrons. The van der Waals surface area contributed by atoms with E-state index >= 15 is 0 Å². The monoisotopic (exact) mass is 175 g/mol. The number of aliphatic carboxylic acids is 1. The highest BCUT2D eigenvalue weighted by Crippen LogP contribution is 1.81. The number of hydrogen-bond donors (Lipinski definition) is 4. The van der Waals surface area contributed by atoms with Gasteiger partial charge in [-0.15, -0.1) is 0 Å². The van der Waals surface area contributed by atoms with Crippen molar-refractivity contribution >= 4 is 11.9 Å². The Hall–Kier alpha value is -1.14. The van der Waals surface area contributed by atoms with E-state index in [1.54, 1.807) is 0 Å². The molecule has 0 fully saturated rings. The molecule has 0 aliphatic rings. The Morgan fingerprint density at radius 1 is 1.58 bits per heavy atom. The lowest BCUT2D eigenvalue weighted by atomic mass is 10.2. The average Bonchev–Trinajstić information content (AvgIpc) is 1.98. The number of rotatable bonds is 5. The Morgan fingerprint density at radius 2 is 2.08 bits per heavy atom. The summed E-state index contributed by atoms with van der Waals surface area (Å²) in [7, 11) is 0. The van der Waals surface area contributed by atoms with E-state index in [-0.39, 0.29) is 6.54 Å². The number of carboxylic acids is 1. The first kappa shape index (κ1) is 10.9. The summed E-state index contributed by atoms with van der Waals surface area (Å²) >= 11 is 0. The number of nitrogens with one attached hydrogen (secondary N) is 1. The number of primary amides is 1. The van der Waals surface area contributed by atoms with Gasteiger partial charge in [-0.05, 0) is 6.92 Å². The van der Waals surface area contributed by atoms with Gasteiger partial charge in [-0.3, -0.25) is 9.59 Å². The minimum atomic E-state index is -1.11. The molecular weight excluding hydrogens is 162 g/mol. The van der Waals surface area contributed by atoms with Gasteiger partial charge in [0.15, 0.2) is 0 Å². The number of hydrogen-bond acceptors (Lipinski definition) is 4. The van der Waals surface area contributed by atoms with Gasteiger partial charge in [-0.1, -0.05) is 0 Å². The van der Waals surface area contributed by atoms with Crippen molar-refractivity contribution in [1.29, 1.82) is 0 Å². The number of nitrogens with two attached hydrogens (primary N) is 2. The summed E-state index contributed by atoms with van der Waals surface area (Å²) in [5.41, 5.74) is 10.1. The van der Waals surface area contributed by atoms with Crippen molar-refractivity contribution in [3.63, 3.8) is 0 Å². The molecule has 0 saturated heterocycles. The van der Waals surface area contributed by atoms with Crippen molar-refractivity contribution in [2.24, 2.45) is 11.5 Å². The number of carbonyl (C=O) groups excluding carboxylic acids is 1. The fraction of sp³-hybridized carbons (Fsp3) is 0.667. The van der Waals surface area contributed by atoms with Gasteiger partial charge in [0.05, 0.1) is 6.04 Å². The van der Waals surface area contributed by atoms with Gasteiger partial charge in [0.1, 0.15) is 6.04 Å². The molecule has 0 saturated carbocycles. The smallest absolute Gasteiger partial charge is 0.321 e. The fourth-order valence-electron chi connectivity index (χ4n) is 0.492. The Bertz CT molecular complexity index is 163. The lowest BCUT2D eigenvalue weighted by Gasteiger charge is -2.11. The van der Waals surface area contributed by atoms with Crippen molar-refractivity contribution < 1.29 is 14.7 Å². The van der Waals surface area contributed by atoms with Gasteiger partial charge in [0.25, 0.3) is 0 Å².